The van der Waals surface area contributed by atoms with Crippen LogP contribution in [0.15, 0.2) is 22.7 Å². The Balaban J connectivity index is 1.89. The molecule has 94 valence electrons. The normalized spacial score (nSPS) is 19.5. The van der Waals surface area contributed by atoms with E-state index >= 15 is 0 Å². The van der Waals surface area contributed by atoms with E-state index in [4.69, 9.17) is 15.2 Å². The maximum absolute atomic E-state index is 5.81. The molecule has 1 aromatic carbocycles. The Hall–Kier alpha value is -0.580. The third kappa shape index (κ3) is 3.44. The number of hydrogen-bond donors (Lipinski definition) is 1. The molecule has 1 aliphatic rings. The number of hydrogen-bond acceptors (Lipinski definition) is 3. The molecule has 0 aliphatic carbocycles. The molecule has 0 aromatic heterocycles. The maximum Gasteiger partial charge on any atom is 0.137 e. The Bertz CT molecular complexity index is 364. The van der Waals surface area contributed by atoms with E-state index in [1.165, 1.54) is 6.42 Å². The third-order valence-electron chi connectivity index (χ3n) is 2.98. The van der Waals surface area contributed by atoms with Gasteiger partial charge in [-0.1, -0.05) is 12.1 Å². The highest BCUT2D eigenvalue weighted by Gasteiger charge is 2.15. The predicted octanol–water partition coefficient (Wildman–Crippen LogP) is 2.86. The maximum atomic E-state index is 5.81. The molecule has 1 aliphatic heterocycles. The number of ether oxygens (including phenoxy) is 2. The summed E-state index contributed by atoms with van der Waals surface area (Å²) in [5.74, 6) is 0.869. The van der Waals surface area contributed by atoms with Gasteiger partial charge in [-0.3, -0.25) is 0 Å². The molecule has 1 unspecified atom stereocenters. The van der Waals surface area contributed by atoms with E-state index < -0.39 is 0 Å². The zero-order valence-corrected chi connectivity index (χ0v) is 11.4. The van der Waals surface area contributed by atoms with E-state index in [9.17, 15) is 0 Å². The van der Waals surface area contributed by atoms with Crippen LogP contribution in [0.3, 0.4) is 0 Å². The van der Waals surface area contributed by atoms with Gasteiger partial charge in [-0.2, -0.15) is 0 Å². The lowest BCUT2D eigenvalue weighted by Gasteiger charge is -2.14. The first-order chi connectivity index (χ1) is 8.31. The van der Waals surface area contributed by atoms with Crippen LogP contribution in [0.4, 0.5) is 0 Å². The van der Waals surface area contributed by atoms with Crippen molar-refractivity contribution in [3.8, 4) is 5.75 Å². The number of nitrogens with two attached hydrogens (primary N) is 1. The minimum Gasteiger partial charge on any atom is -0.492 e. The first-order valence-electron chi connectivity index (χ1n) is 6.03. The fraction of sp³-hybridized carbons (Fsp3) is 0.538. The van der Waals surface area contributed by atoms with E-state index in [0.717, 1.165) is 35.2 Å². The van der Waals surface area contributed by atoms with Crippen molar-refractivity contribution in [1.29, 1.82) is 0 Å². The summed E-state index contributed by atoms with van der Waals surface area (Å²) in [6.45, 7) is 2.07. The summed E-state index contributed by atoms with van der Waals surface area (Å²) in [4.78, 5) is 0. The molecule has 17 heavy (non-hydrogen) atoms. The van der Waals surface area contributed by atoms with Crippen LogP contribution in [0.1, 0.15) is 24.8 Å². The van der Waals surface area contributed by atoms with Gasteiger partial charge < -0.3 is 15.2 Å². The van der Waals surface area contributed by atoms with Gasteiger partial charge in [0.2, 0.25) is 0 Å². The molecule has 2 N–H and O–H groups in total. The van der Waals surface area contributed by atoms with Gasteiger partial charge >= 0.3 is 0 Å². The Morgan fingerprint density at radius 2 is 2.35 bits per heavy atom. The van der Waals surface area contributed by atoms with Crippen LogP contribution in [0.25, 0.3) is 0 Å². The Morgan fingerprint density at radius 3 is 3.06 bits per heavy atom. The molecule has 1 heterocycles. The molecule has 0 radical (unpaired) electrons. The summed E-state index contributed by atoms with van der Waals surface area (Å²) in [5, 5.41) is 0. The average Bonchev–Trinajstić information content (AvgIpc) is 2.84. The molecule has 3 nitrogen and oxygen atoms in total. The van der Waals surface area contributed by atoms with Crippen molar-refractivity contribution in [3.05, 3.63) is 28.2 Å². The van der Waals surface area contributed by atoms with Crippen LogP contribution >= 0.6 is 15.9 Å². The quantitative estimate of drug-likeness (QED) is 0.909. The van der Waals surface area contributed by atoms with Gasteiger partial charge in [0.15, 0.2) is 0 Å². The van der Waals surface area contributed by atoms with E-state index in [1.807, 2.05) is 18.2 Å². The first-order valence-corrected chi connectivity index (χ1v) is 6.82. The molecule has 1 atom stereocenters. The zero-order chi connectivity index (χ0) is 12.1. The van der Waals surface area contributed by atoms with Gasteiger partial charge in [-0.25, -0.2) is 0 Å². The highest BCUT2D eigenvalue weighted by atomic mass is 79.9. The fourth-order valence-electron chi connectivity index (χ4n) is 2.04. The zero-order valence-electron chi connectivity index (χ0n) is 9.82. The van der Waals surface area contributed by atoms with Crippen LogP contribution in [0, 0.1) is 0 Å². The van der Waals surface area contributed by atoms with Crippen LogP contribution in [0.2, 0.25) is 0 Å². The van der Waals surface area contributed by atoms with Gasteiger partial charge in [-0.15, -0.1) is 0 Å². The van der Waals surface area contributed by atoms with Crippen LogP contribution < -0.4 is 10.5 Å². The summed E-state index contributed by atoms with van der Waals surface area (Å²) in [6, 6.07) is 5.94. The fourth-order valence-corrected chi connectivity index (χ4v) is 2.56. The van der Waals surface area contributed by atoms with Gasteiger partial charge in [0.1, 0.15) is 5.75 Å². The summed E-state index contributed by atoms with van der Waals surface area (Å²) in [5.41, 5.74) is 6.72. The lowest BCUT2D eigenvalue weighted by atomic mass is 10.2. The summed E-state index contributed by atoms with van der Waals surface area (Å²) in [6.07, 6.45) is 3.65. The second-order valence-corrected chi connectivity index (χ2v) is 5.06. The lowest BCUT2D eigenvalue weighted by molar-refractivity contribution is 0.0901. The van der Waals surface area contributed by atoms with Crippen molar-refractivity contribution in [2.75, 3.05) is 13.2 Å². The SMILES string of the molecule is NCc1cccc(Br)c1OCCC1CCCO1. The lowest BCUT2D eigenvalue weighted by Crippen LogP contribution is -2.12. The second-order valence-electron chi connectivity index (χ2n) is 4.20. The van der Waals surface area contributed by atoms with Gasteiger partial charge in [0.25, 0.3) is 0 Å². The van der Waals surface area contributed by atoms with Crippen molar-refractivity contribution < 1.29 is 9.47 Å². The van der Waals surface area contributed by atoms with Crippen molar-refractivity contribution in [2.45, 2.75) is 31.9 Å². The Labute approximate surface area is 110 Å². The Kier molecular flexibility index (Phi) is 4.83. The largest absolute Gasteiger partial charge is 0.492 e. The number of benzene rings is 1. The smallest absolute Gasteiger partial charge is 0.137 e. The topological polar surface area (TPSA) is 44.5 Å². The second kappa shape index (κ2) is 6.38. The third-order valence-corrected chi connectivity index (χ3v) is 3.60. The molecule has 0 spiro atoms. The molecule has 1 fully saturated rings. The van der Waals surface area contributed by atoms with Crippen LogP contribution in [-0.2, 0) is 11.3 Å². The van der Waals surface area contributed by atoms with E-state index in [-0.39, 0.29) is 0 Å². The molecule has 0 bridgehead atoms. The van der Waals surface area contributed by atoms with Gasteiger partial charge in [0, 0.05) is 25.1 Å². The minimum absolute atomic E-state index is 0.374. The average molecular weight is 300 g/mol. The molecular formula is C13H18BrNO2. The van der Waals surface area contributed by atoms with Crippen molar-refractivity contribution in [1.82, 2.24) is 0 Å². The predicted molar refractivity (Wildman–Crippen MR) is 71.1 cm³/mol. The van der Waals surface area contributed by atoms with E-state index in [0.29, 0.717) is 19.3 Å². The highest BCUT2D eigenvalue weighted by molar-refractivity contribution is 9.10. The first kappa shape index (κ1) is 12.9. The highest BCUT2D eigenvalue weighted by Crippen LogP contribution is 2.29. The minimum atomic E-state index is 0.374. The number of rotatable bonds is 5. The standard InChI is InChI=1S/C13H18BrNO2/c14-12-5-1-3-10(9-15)13(12)17-8-6-11-4-2-7-16-11/h1,3,5,11H,2,4,6-9,15H2. The van der Waals surface area contributed by atoms with Crippen molar-refractivity contribution >= 4 is 15.9 Å². The molecule has 1 saturated heterocycles. The molecule has 4 heteroatoms. The summed E-state index contributed by atoms with van der Waals surface area (Å²) < 4.78 is 12.3. The molecule has 0 amide bonds. The molecule has 0 saturated carbocycles. The van der Waals surface area contributed by atoms with Gasteiger partial charge in [0.05, 0.1) is 17.2 Å². The molecule has 1 aromatic rings. The van der Waals surface area contributed by atoms with Crippen molar-refractivity contribution in [3.63, 3.8) is 0 Å². The van der Waals surface area contributed by atoms with Gasteiger partial charge in [-0.05, 0) is 34.8 Å². The van der Waals surface area contributed by atoms with E-state index in [1.54, 1.807) is 0 Å². The summed E-state index contributed by atoms with van der Waals surface area (Å²) >= 11 is 3.49. The van der Waals surface area contributed by atoms with Crippen LogP contribution in [0.5, 0.6) is 5.75 Å². The van der Waals surface area contributed by atoms with Crippen molar-refractivity contribution in [2.24, 2.45) is 5.73 Å². The molecular weight excluding hydrogens is 282 g/mol. The Morgan fingerprint density at radius 1 is 1.47 bits per heavy atom. The number of para-hydroxylation sites is 1. The van der Waals surface area contributed by atoms with E-state index in [2.05, 4.69) is 15.9 Å². The molecule has 2 rings (SSSR count). The number of halogens is 1. The van der Waals surface area contributed by atoms with Crippen LogP contribution in [-0.4, -0.2) is 19.3 Å². The monoisotopic (exact) mass is 299 g/mol. The summed E-state index contributed by atoms with van der Waals surface area (Å²) in [7, 11) is 0.